The summed E-state index contributed by atoms with van der Waals surface area (Å²) in [4.78, 5) is 10.7. The van der Waals surface area contributed by atoms with Gasteiger partial charge in [0.2, 0.25) is 0 Å². The van der Waals surface area contributed by atoms with Crippen molar-refractivity contribution in [3.05, 3.63) is 51.9 Å². The number of nitrogens with one attached hydrogen (secondary N) is 1. The minimum Gasteiger partial charge on any atom is -0.478 e. The van der Waals surface area contributed by atoms with Gasteiger partial charge in [-0.1, -0.05) is 29.3 Å². The van der Waals surface area contributed by atoms with E-state index in [2.05, 4.69) is 5.32 Å². The lowest BCUT2D eigenvalue weighted by Gasteiger charge is -2.07. The number of hydrogen-bond acceptors (Lipinski definition) is 3. The van der Waals surface area contributed by atoms with E-state index in [1.54, 1.807) is 18.2 Å². The molecule has 4 nitrogen and oxygen atoms in total. The molecule has 1 aromatic heterocycles. The number of carboxylic acid groups (broad SMARTS) is 1. The van der Waals surface area contributed by atoms with Crippen LogP contribution in [0.2, 0.25) is 10.0 Å². The van der Waals surface area contributed by atoms with Crippen molar-refractivity contribution in [3.63, 3.8) is 0 Å². The Hall–Kier alpha value is -1.65. The number of benzene rings is 1. The van der Waals surface area contributed by atoms with Crippen LogP contribution in [-0.2, 0) is 6.54 Å². The predicted molar refractivity (Wildman–Crippen MR) is 69.5 cm³/mol. The molecule has 2 rings (SSSR count). The Kier molecular flexibility index (Phi) is 3.79. The Morgan fingerprint density at radius 3 is 2.83 bits per heavy atom. The molecule has 18 heavy (non-hydrogen) atoms. The molecule has 0 aliphatic rings. The number of aromatic carboxylic acids is 1. The summed E-state index contributed by atoms with van der Waals surface area (Å²) in [5.41, 5.74) is 0.779. The molecular formula is C12H9Cl2NO3. The van der Waals surface area contributed by atoms with Crippen molar-refractivity contribution in [2.24, 2.45) is 0 Å². The largest absolute Gasteiger partial charge is 0.478 e. The highest BCUT2D eigenvalue weighted by atomic mass is 35.5. The molecule has 2 aromatic rings. The van der Waals surface area contributed by atoms with Crippen molar-refractivity contribution in [1.82, 2.24) is 0 Å². The predicted octanol–water partition coefficient (Wildman–Crippen LogP) is 3.90. The number of rotatable bonds is 4. The fourth-order valence-corrected chi connectivity index (χ4v) is 1.78. The smallest absolute Gasteiger partial charge is 0.338 e. The van der Waals surface area contributed by atoms with Gasteiger partial charge in [0, 0.05) is 0 Å². The monoisotopic (exact) mass is 285 g/mol. The second-order valence-corrected chi connectivity index (χ2v) is 4.35. The summed E-state index contributed by atoms with van der Waals surface area (Å²) in [5, 5.41) is 12.6. The maximum absolute atomic E-state index is 10.7. The number of carboxylic acids is 1. The quantitative estimate of drug-likeness (QED) is 0.894. The number of hydrogen-bond donors (Lipinski definition) is 2. The van der Waals surface area contributed by atoms with Crippen molar-refractivity contribution in [2.45, 2.75) is 6.54 Å². The van der Waals surface area contributed by atoms with Crippen molar-refractivity contribution in [3.8, 4) is 0 Å². The molecule has 0 radical (unpaired) electrons. The van der Waals surface area contributed by atoms with E-state index in [9.17, 15) is 4.79 Å². The molecule has 0 saturated carbocycles. The second-order valence-electron chi connectivity index (χ2n) is 3.56. The first-order chi connectivity index (χ1) is 8.58. The standard InChI is InChI=1S/C12H9Cl2NO3/c13-9-2-1-3-10(11(9)14)15-5-8-4-7(6-18-8)12(16)17/h1-4,6,15H,5H2,(H,16,17). The highest BCUT2D eigenvalue weighted by molar-refractivity contribution is 6.43. The maximum Gasteiger partial charge on any atom is 0.338 e. The van der Waals surface area contributed by atoms with Crippen LogP contribution in [0.15, 0.2) is 34.9 Å². The first kappa shape index (κ1) is 12.8. The molecule has 0 atom stereocenters. The van der Waals surface area contributed by atoms with Crippen molar-refractivity contribution in [1.29, 1.82) is 0 Å². The Balaban J connectivity index is 2.07. The first-order valence-corrected chi connectivity index (χ1v) is 5.82. The highest BCUT2D eigenvalue weighted by Gasteiger charge is 2.09. The summed E-state index contributed by atoms with van der Waals surface area (Å²) >= 11 is 11.9. The number of furan rings is 1. The topological polar surface area (TPSA) is 62.5 Å². The molecule has 0 aliphatic heterocycles. The van der Waals surface area contributed by atoms with Crippen LogP contribution in [-0.4, -0.2) is 11.1 Å². The van der Waals surface area contributed by atoms with Gasteiger partial charge < -0.3 is 14.8 Å². The van der Waals surface area contributed by atoms with E-state index in [1.807, 2.05) is 0 Å². The molecule has 0 bridgehead atoms. The normalized spacial score (nSPS) is 10.3. The van der Waals surface area contributed by atoms with Gasteiger partial charge in [-0.05, 0) is 18.2 Å². The molecule has 0 saturated heterocycles. The lowest BCUT2D eigenvalue weighted by molar-refractivity contribution is 0.0696. The zero-order valence-electron chi connectivity index (χ0n) is 9.11. The number of anilines is 1. The molecular weight excluding hydrogens is 277 g/mol. The van der Waals surface area contributed by atoms with Crippen LogP contribution in [0.1, 0.15) is 16.1 Å². The Morgan fingerprint density at radius 1 is 1.39 bits per heavy atom. The van der Waals surface area contributed by atoms with Crippen LogP contribution in [0.3, 0.4) is 0 Å². The number of carbonyl (C=O) groups is 1. The van der Waals surface area contributed by atoms with Gasteiger partial charge in [-0.2, -0.15) is 0 Å². The van der Waals surface area contributed by atoms with Crippen LogP contribution in [0, 0.1) is 0 Å². The van der Waals surface area contributed by atoms with E-state index in [0.29, 0.717) is 28.0 Å². The van der Waals surface area contributed by atoms with Crippen LogP contribution in [0.4, 0.5) is 5.69 Å². The zero-order valence-corrected chi connectivity index (χ0v) is 10.6. The Morgan fingerprint density at radius 2 is 2.17 bits per heavy atom. The van der Waals surface area contributed by atoms with Crippen LogP contribution in [0.5, 0.6) is 0 Å². The van der Waals surface area contributed by atoms with Gasteiger partial charge in [0.25, 0.3) is 0 Å². The van der Waals surface area contributed by atoms with Crippen LogP contribution in [0.25, 0.3) is 0 Å². The first-order valence-electron chi connectivity index (χ1n) is 5.06. The average molecular weight is 286 g/mol. The summed E-state index contributed by atoms with van der Waals surface area (Å²) in [6, 6.07) is 6.68. The molecule has 94 valence electrons. The third-order valence-corrected chi connectivity index (χ3v) is 3.12. The minimum absolute atomic E-state index is 0.115. The van der Waals surface area contributed by atoms with Gasteiger partial charge in [0.15, 0.2) is 0 Å². The van der Waals surface area contributed by atoms with Gasteiger partial charge in [0.05, 0.1) is 27.8 Å². The highest BCUT2D eigenvalue weighted by Crippen LogP contribution is 2.29. The average Bonchev–Trinajstić information content (AvgIpc) is 2.80. The zero-order chi connectivity index (χ0) is 13.1. The minimum atomic E-state index is -1.02. The third-order valence-electron chi connectivity index (χ3n) is 2.31. The van der Waals surface area contributed by atoms with Gasteiger partial charge in [-0.25, -0.2) is 4.79 Å². The maximum atomic E-state index is 10.7. The van der Waals surface area contributed by atoms with E-state index in [4.69, 9.17) is 32.7 Å². The summed E-state index contributed by atoms with van der Waals surface area (Å²) in [5.74, 6) is -0.519. The van der Waals surface area contributed by atoms with E-state index in [1.165, 1.54) is 12.3 Å². The van der Waals surface area contributed by atoms with Gasteiger partial charge in [-0.15, -0.1) is 0 Å². The fourth-order valence-electron chi connectivity index (χ4n) is 1.41. The number of halogens is 2. The molecule has 2 N–H and O–H groups in total. The van der Waals surface area contributed by atoms with Gasteiger partial charge in [0.1, 0.15) is 12.0 Å². The van der Waals surface area contributed by atoms with Crippen LogP contribution >= 0.6 is 23.2 Å². The SMILES string of the molecule is O=C(O)c1coc(CNc2cccc(Cl)c2Cl)c1. The molecule has 0 aliphatic carbocycles. The van der Waals surface area contributed by atoms with Crippen LogP contribution < -0.4 is 5.32 Å². The van der Waals surface area contributed by atoms with E-state index in [0.717, 1.165) is 0 Å². The molecule has 0 spiro atoms. The lowest BCUT2D eigenvalue weighted by Crippen LogP contribution is -1.99. The fraction of sp³-hybridized carbons (Fsp3) is 0.0833. The molecule has 0 unspecified atom stereocenters. The molecule has 1 heterocycles. The van der Waals surface area contributed by atoms with E-state index < -0.39 is 5.97 Å². The molecule has 6 heteroatoms. The van der Waals surface area contributed by atoms with Crippen molar-refractivity contribution < 1.29 is 14.3 Å². The second kappa shape index (κ2) is 5.33. The summed E-state index contributed by atoms with van der Waals surface area (Å²) in [6.45, 7) is 0.327. The Bertz CT molecular complexity index is 580. The Labute approximate surface area is 113 Å². The summed E-state index contributed by atoms with van der Waals surface area (Å²) in [6.07, 6.45) is 1.19. The van der Waals surface area contributed by atoms with Gasteiger partial charge in [-0.3, -0.25) is 0 Å². The van der Waals surface area contributed by atoms with E-state index >= 15 is 0 Å². The molecule has 1 aromatic carbocycles. The third kappa shape index (κ3) is 2.78. The lowest BCUT2D eigenvalue weighted by atomic mass is 10.3. The molecule has 0 amide bonds. The summed E-state index contributed by atoms with van der Waals surface area (Å²) in [7, 11) is 0. The van der Waals surface area contributed by atoms with Gasteiger partial charge >= 0.3 is 5.97 Å². The summed E-state index contributed by atoms with van der Waals surface area (Å²) < 4.78 is 5.10. The van der Waals surface area contributed by atoms with Crippen molar-refractivity contribution in [2.75, 3.05) is 5.32 Å². The van der Waals surface area contributed by atoms with E-state index in [-0.39, 0.29) is 5.56 Å². The van der Waals surface area contributed by atoms with Crippen molar-refractivity contribution >= 4 is 34.9 Å². The molecule has 0 fully saturated rings.